The normalized spacial score (nSPS) is 12.5. The zero-order valence-corrected chi connectivity index (χ0v) is 29.9. The van der Waals surface area contributed by atoms with Crippen molar-refractivity contribution in [1.29, 1.82) is 0 Å². The van der Waals surface area contributed by atoms with Gasteiger partial charge < -0.3 is 19.7 Å². The largest absolute Gasteiger partial charge is 0.493 e. The molecule has 0 saturated carbocycles. The van der Waals surface area contributed by atoms with Crippen LogP contribution >= 0.6 is 23.2 Å². The number of carbonyl (C=O) groups excluding carboxylic acids is 2. The molecule has 1 N–H and O–H groups in total. The molecular weight excluding hydrogens is 692 g/mol. The number of benzene rings is 4. The van der Waals surface area contributed by atoms with E-state index in [9.17, 15) is 22.4 Å². The van der Waals surface area contributed by atoms with E-state index in [4.69, 9.17) is 32.7 Å². The number of hydrogen-bond donors (Lipinski definition) is 1. The Hall–Kier alpha value is -4.32. The molecule has 4 rings (SSSR count). The molecule has 0 aliphatic carbocycles. The topological polar surface area (TPSA) is 105 Å². The van der Waals surface area contributed by atoms with Gasteiger partial charge >= 0.3 is 0 Å². The van der Waals surface area contributed by atoms with Gasteiger partial charge in [0.05, 0.1) is 24.8 Å². The molecule has 2 amide bonds. The molecule has 260 valence electrons. The maximum atomic E-state index is 14.6. The van der Waals surface area contributed by atoms with E-state index in [2.05, 4.69) is 5.32 Å². The average Bonchev–Trinajstić information content (AvgIpc) is 3.10. The summed E-state index contributed by atoms with van der Waals surface area (Å²) < 4.78 is 54.2. The third kappa shape index (κ3) is 9.23. The van der Waals surface area contributed by atoms with E-state index in [1.54, 1.807) is 18.2 Å². The lowest BCUT2D eigenvalue weighted by Gasteiger charge is -2.34. The number of rotatable bonds is 15. The summed E-state index contributed by atoms with van der Waals surface area (Å²) in [5.41, 5.74) is 1.16. The van der Waals surface area contributed by atoms with Gasteiger partial charge in [0.2, 0.25) is 11.8 Å². The molecule has 0 saturated heterocycles. The second-order valence-electron chi connectivity index (χ2n) is 11.3. The Balaban J connectivity index is 1.86. The molecule has 4 aromatic rings. The average molecular weight is 731 g/mol. The Bertz CT molecular complexity index is 1840. The molecule has 4 aromatic carbocycles. The van der Waals surface area contributed by atoms with Crippen LogP contribution in [0.25, 0.3) is 0 Å². The summed E-state index contributed by atoms with van der Waals surface area (Å²) in [6, 6.07) is 21.4. The van der Waals surface area contributed by atoms with Crippen molar-refractivity contribution in [2.75, 3.05) is 25.1 Å². The second-order valence-corrected chi connectivity index (χ2v) is 13.9. The Morgan fingerprint density at radius 1 is 0.878 bits per heavy atom. The van der Waals surface area contributed by atoms with Crippen molar-refractivity contribution in [2.45, 2.75) is 50.2 Å². The van der Waals surface area contributed by atoms with Crippen molar-refractivity contribution in [3.63, 3.8) is 0 Å². The van der Waals surface area contributed by atoms with E-state index in [1.807, 2.05) is 44.2 Å². The number of ether oxygens (including phenoxy) is 2. The Morgan fingerprint density at radius 3 is 2.10 bits per heavy atom. The van der Waals surface area contributed by atoms with Gasteiger partial charge in [0.25, 0.3) is 10.0 Å². The van der Waals surface area contributed by atoms with E-state index < -0.39 is 40.2 Å². The smallest absolute Gasteiger partial charge is 0.264 e. The zero-order chi connectivity index (χ0) is 35.7. The second kappa shape index (κ2) is 16.9. The van der Waals surface area contributed by atoms with E-state index in [-0.39, 0.29) is 45.4 Å². The molecule has 2 atom stereocenters. The standard InChI is InChI=1S/C36H38Cl2FN3O6S/c1-5-24(2)40-36(44)32(20-25-10-7-6-8-11-25)41(22-29-30(37)12-9-13-31(29)38)35(43)23-42(27-16-14-26(39)15-17-27)49(45,46)28-18-19-33(47-3)34(21-28)48-4/h6-19,21,24,32H,5,20,22-23H2,1-4H3,(H,40,44)/t24-,32+/m0/s1. The first kappa shape index (κ1) is 37.5. The third-order valence-corrected chi connectivity index (χ3v) is 10.5. The van der Waals surface area contributed by atoms with Crippen LogP contribution in [-0.4, -0.2) is 58.0 Å². The summed E-state index contributed by atoms with van der Waals surface area (Å²) in [5, 5.41) is 3.50. The fourth-order valence-corrected chi connectivity index (χ4v) is 7.04. The number of carbonyl (C=O) groups is 2. The molecule has 13 heteroatoms. The highest BCUT2D eigenvalue weighted by molar-refractivity contribution is 7.92. The van der Waals surface area contributed by atoms with Crippen LogP contribution in [0, 0.1) is 5.82 Å². The molecule has 0 bridgehead atoms. The molecule has 49 heavy (non-hydrogen) atoms. The van der Waals surface area contributed by atoms with Gasteiger partial charge in [0, 0.05) is 40.7 Å². The zero-order valence-electron chi connectivity index (χ0n) is 27.5. The highest BCUT2D eigenvalue weighted by Gasteiger charge is 2.36. The van der Waals surface area contributed by atoms with Crippen LogP contribution in [0.4, 0.5) is 10.1 Å². The number of anilines is 1. The maximum absolute atomic E-state index is 14.6. The van der Waals surface area contributed by atoms with Crippen LogP contribution < -0.4 is 19.1 Å². The summed E-state index contributed by atoms with van der Waals surface area (Å²) in [6.07, 6.45) is 0.742. The predicted molar refractivity (Wildman–Crippen MR) is 189 cm³/mol. The van der Waals surface area contributed by atoms with Crippen molar-refractivity contribution in [3.8, 4) is 11.5 Å². The summed E-state index contributed by atoms with van der Waals surface area (Å²) in [6.45, 7) is 2.80. The van der Waals surface area contributed by atoms with Gasteiger partial charge in [0.1, 0.15) is 18.4 Å². The highest BCUT2D eigenvalue weighted by Crippen LogP contribution is 2.33. The summed E-state index contributed by atoms with van der Waals surface area (Å²) in [5.74, 6) is -1.33. The van der Waals surface area contributed by atoms with Gasteiger partial charge in [-0.05, 0) is 67.4 Å². The van der Waals surface area contributed by atoms with Gasteiger partial charge in [-0.3, -0.25) is 13.9 Å². The number of amides is 2. The minimum atomic E-state index is -4.49. The van der Waals surface area contributed by atoms with E-state index in [0.29, 0.717) is 17.7 Å². The van der Waals surface area contributed by atoms with E-state index in [1.165, 1.54) is 49.5 Å². The minimum absolute atomic E-state index is 0.0175. The van der Waals surface area contributed by atoms with Crippen LogP contribution in [-0.2, 0) is 32.6 Å². The molecule has 0 radical (unpaired) electrons. The summed E-state index contributed by atoms with van der Waals surface area (Å²) in [7, 11) is -1.71. The van der Waals surface area contributed by atoms with Gasteiger partial charge in [0.15, 0.2) is 11.5 Å². The number of hydrogen-bond acceptors (Lipinski definition) is 6. The van der Waals surface area contributed by atoms with Crippen LogP contribution in [0.15, 0.2) is 95.9 Å². The highest BCUT2D eigenvalue weighted by atomic mass is 35.5. The Kier molecular flexibility index (Phi) is 12.9. The van der Waals surface area contributed by atoms with Gasteiger partial charge in [-0.1, -0.05) is 66.5 Å². The van der Waals surface area contributed by atoms with Gasteiger partial charge in [-0.15, -0.1) is 0 Å². The number of methoxy groups -OCH3 is 2. The fourth-order valence-electron chi connectivity index (χ4n) is 5.09. The molecule has 0 aromatic heterocycles. The summed E-state index contributed by atoms with van der Waals surface area (Å²) in [4.78, 5) is 29.7. The number of nitrogens with one attached hydrogen (secondary N) is 1. The van der Waals surface area contributed by atoms with Crippen molar-refractivity contribution >= 4 is 50.7 Å². The number of nitrogens with zero attached hydrogens (tertiary/aromatic N) is 2. The number of sulfonamides is 1. The van der Waals surface area contributed by atoms with Crippen LogP contribution in [0.2, 0.25) is 10.0 Å². The molecule has 0 unspecified atom stereocenters. The fraction of sp³-hybridized carbons (Fsp3) is 0.278. The first-order chi connectivity index (χ1) is 23.4. The lowest BCUT2D eigenvalue weighted by Crippen LogP contribution is -2.54. The van der Waals surface area contributed by atoms with Gasteiger partial charge in [-0.2, -0.15) is 0 Å². The number of halogens is 3. The molecule has 0 aliphatic rings. The van der Waals surface area contributed by atoms with Crippen molar-refractivity contribution in [3.05, 3.63) is 118 Å². The first-order valence-electron chi connectivity index (χ1n) is 15.5. The predicted octanol–water partition coefficient (Wildman–Crippen LogP) is 6.90. The molecule has 9 nitrogen and oxygen atoms in total. The van der Waals surface area contributed by atoms with Crippen LogP contribution in [0.3, 0.4) is 0 Å². The molecule has 0 fully saturated rings. The minimum Gasteiger partial charge on any atom is -0.493 e. The molecule has 0 heterocycles. The molecule has 0 aliphatic heterocycles. The van der Waals surface area contributed by atoms with Gasteiger partial charge in [-0.25, -0.2) is 12.8 Å². The lowest BCUT2D eigenvalue weighted by atomic mass is 10.0. The van der Waals surface area contributed by atoms with Crippen LogP contribution in [0.1, 0.15) is 31.4 Å². The quantitative estimate of drug-likeness (QED) is 0.143. The van der Waals surface area contributed by atoms with Crippen molar-refractivity contribution in [1.82, 2.24) is 10.2 Å². The van der Waals surface area contributed by atoms with E-state index in [0.717, 1.165) is 22.0 Å². The lowest BCUT2D eigenvalue weighted by molar-refractivity contribution is -0.140. The molecule has 0 spiro atoms. The summed E-state index contributed by atoms with van der Waals surface area (Å²) >= 11 is 13.1. The SMILES string of the molecule is CC[C@H](C)NC(=O)[C@@H](Cc1ccccc1)N(Cc1c(Cl)cccc1Cl)C(=O)CN(c1ccc(F)cc1)S(=O)(=O)c1ccc(OC)c(OC)c1. The Labute approximate surface area is 296 Å². The van der Waals surface area contributed by atoms with Crippen molar-refractivity contribution in [2.24, 2.45) is 0 Å². The first-order valence-corrected chi connectivity index (χ1v) is 17.7. The Morgan fingerprint density at radius 2 is 1.51 bits per heavy atom. The van der Waals surface area contributed by atoms with Crippen molar-refractivity contribution < 1.29 is 31.9 Å². The maximum Gasteiger partial charge on any atom is 0.264 e. The third-order valence-electron chi connectivity index (χ3n) is 8.00. The van der Waals surface area contributed by atoms with Crippen LogP contribution in [0.5, 0.6) is 11.5 Å². The monoisotopic (exact) mass is 729 g/mol. The molecular formula is C36H38Cl2FN3O6S. The van der Waals surface area contributed by atoms with E-state index >= 15 is 0 Å².